The number of hydrogen-bond acceptors (Lipinski definition) is 6. The fourth-order valence-corrected chi connectivity index (χ4v) is 2.44. The molecule has 102 valence electrons. The van der Waals surface area contributed by atoms with E-state index in [0.29, 0.717) is 11.0 Å². The molecular weight excluding hydrogens is 274 g/mol. The monoisotopic (exact) mass is 285 g/mol. The molecular formula is C11H12ClN3O4. The van der Waals surface area contributed by atoms with Gasteiger partial charge in [-0.05, 0) is 6.07 Å². The minimum Gasteiger partial charge on any atom is -0.394 e. The molecule has 0 radical (unpaired) electrons. The first-order chi connectivity index (χ1) is 9.13. The summed E-state index contributed by atoms with van der Waals surface area (Å²) in [5, 5.41) is 29.1. The van der Waals surface area contributed by atoms with Crippen molar-refractivity contribution in [1.82, 2.24) is 14.5 Å². The zero-order chi connectivity index (χ0) is 13.6. The van der Waals surface area contributed by atoms with Gasteiger partial charge < -0.3 is 24.6 Å². The number of pyridine rings is 1. The summed E-state index contributed by atoms with van der Waals surface area (Å²) in [4.78, 5) is 8.02. The number of hydrogen-bond donors (Lipinski definition) is 3. The van der Waals surface area contributed by atoms with Crippen molar-refractivity contribution in [1.29, 1.82) is 0 Å². The van der Waals surface area contributed by atoms with Crippen molar-refractivity contribution in [3.63, 3.8) is 0 Å². The molecule has 1 aliphatic heterocycles. The number of aliphatic hydroxyl groups excluding tert-OH is 3. The summed E-state index contributed by atoms with van der Waals surface area (Å²) in [6.07, 6.45) is -0.973. The molecule has 0 bridgehead atoms. The van der Waals surface area contributed by atoms with Gasteiger partial charge >= 0.3 is 0 Å². The lowest BCUT2D eigenvalue weighted by Crippen LogP contribution is -2.33. The molecule has 3 heterocycles. The second kappa shape index (κ2) is 4.69. The Morgan fingerprint density at radius 3 is 2.79 bits per heavy atom. The molecule has 0 aliphatic carbocycles. The van der Waals surface area contributed by atoms with Crippen molar-refractivity contribution in [2.45, 2.75) is 24.5 Å². The molecule has 1 saturated heterocycles. The van der Waals surface area contributed by atoms with Crippen molar-refractivity contribution in [3.8, 4) is 0 Å². The Morgan fingerprint density at radius 1 is 1.32 bits per heavy atom. The molecule has 19 heavy (non-hydrogen) atoms. The van der Waals surface area contributed by atoms with Crippen LogP contribution in [0.15, 0.2) is 18.6 Å². The van der Waals surface area contributed by atoms with Gasteiger partial charge in [0.1, 0.15) is 23.8 Å². The van der Waals surface area contributed by atoms with Crippen LogP contribution in [0.4, 0.5) is 0 Å². The van der Waals surface area contributed by atoms with Crippen LogP contribution in [-0.4, -0.2) is 54.8 Å². The summed E-state index contributed by atoms with van der Waals surface area (Å²) in [7, 11) is 0. The maximum Gasteiger partial charge on any atom is 0.164 e. The third-order valence-electron chi connectivity index (χ3n) is 3.24. The van der Waals surface area contributed by atoms with Gasteiger partial charge in [-0.15, -0.1) is 0 Å². The van der Waals surface area contributed by atoms with Crippen LogP contribution in [0.2, 0.25) is 5.15 Å². The summed E-state index contributed by atoms with van der Waals surface area (Å²) in [6.45, 7) is -0.371. The van der Waals surface area contributed by atoms with Gasteiger partial charge in [0.15, 0.2) is 11.4 Å². The summed E-state index contributed by atoms with van der Waals surface area (Å²) < 4.78 is 7.00. The SMILES string of the molecule is OC[C@H]1O[C@@H](n2cnc3c(Cl)nccc32)C(O)C1O. The van der Waals surface area contributed by atoms with Crippen LogP contribution in [0.5, 0.6) is 0 Å². The van der Waals surface area contributed by atoms with E-state index in [1.54, 1.807) is 10.6 Å². The number of nitrogens with zero attached hydrogens (tertiary/aromatic N) is 3. The van der Waals surface area contributed by atoms with E-state index in [1.165, 1.54) is 12.5 Å². The minimum absolute atomic E-state index is 0.253. The van der Waals surface area contributed by atoms with Crippen LogP contribution < -0.4 is 0 Å². The Hall–Kier alpha value is -1.25. The summed E-state index contributed by atoms with van der Waals surface area (Å²) in [6, 6.07) is 1.68. The largest absolute Gasteiger partial charge is 0.394 e. The quantitative estimate of drug-likeness (QED) is 0.655. The van der Waals surface area contributed by atoms with Gasteiger partial charge in [-0.3, -0.25) is 0 Å². The molecule has 8 heteroatoms. The number of ether oxygens (including phenoxy) is 1. The van der Waals surface area contributed by atoms with Crippen LogP contribution in [-0.2, 0) is 4.74 Å². The lowest BCUT2D eigenvalue weighted by Gasteiger charge is -2.16. The zero-order valence-electron chi connectivity index (χ0n) is 9.72. The molecule has 3 rings (SSSR count). The van der Waals surface area contributed by atoms with Gasteiger partial charge in [-0.25, -0.2) is 9.97 Å². The predicted molar refractivity (Wildman–Crippen MR) is 65.5 cm³/mol. The molecule has 1 fully saturated rings. The van der Waals surface area contributed by atoms with Crippen LogP contribution in [0.1, 0.15) is 6.23 Å². The first kappa shape index (κ1) is 12.8. The van der Waals surface area contributed by atoms with E-state index in [-0.39, 0.29) is 11.8 Å². The first-order valence-electron chi connectivity index (χ1n) is 5.73. The van der Waals surface area contributed by atoms with Crippen molar-refractivity contribution < 1.29 is 20.1 Å². The van der Waals surface area contributed by atoms with Crippen LogP contribution >= 0.6 is 11.6 Å². The maximum atomic E-state index is 9.98. The highest BCUT2D eigenvalue weighted by molar-refractivity contribution is 6.33. The molecule has 2 aromatic heterocycles. The second-order valence-electron chi connectivity index (χ2n) is 4.35. The van der Waals surface area contributed by atoms with Crippen molar-refractivity contribution in [2.24, 2.45) is 0 Å². The molecule has 2 unspecified atom stereocenters. The average Bonchev–Trinajstić information content (AvgIpc) is 2.94. The van der Waals surface area contributed by atoms with Gasteiger partial charge in [0, 0.05) is 6.20 Å². The normalized spacial score (nSPS) is 31.2. The van der Waals surface area contributed by atoms with Gasteiger partial charge in [0.2, 0.25) is 0 Å². The first-order valence-corrected chi connectivity index (χ1v) is 6.10. The average molecular weight is 286 g/mol. The third-order valence-corrected chi connectivity index (χ3v) is 3.52. The standard InChI is InChI=1S/C11H12ClN3O4/c12-10-7-5(1-2-13-10)15(4-14-7)11-9(18)8(17)6(3-16)19-11/h1-2,4,6,8-9,11,16-18H,3H2/t6-,8?,9?,11-/m1/s1. The number of rotatable bonds is 2. The van der Waals surface area contributed by atoms with E-state index < -0.39 is 24.5 Å². The van der Waals surface area contributed by atoms with Gasteiger partial charge in [0.05, 0.1) is 18.5 Å². The van der Waals surface area contributed by atoms with E-state index >= 15 is 0 Å². The number of imidazole rings is 1. The van der Waals surface area contributed by atoms with E-state index in [4.69, 9.17) is 21.4 Å². The third kappa shape index (κ3) is 1.90. The number of aromatic nitrogens is 3. The zero-order valence-corrected chi connectivity index (χ0v) is 10.5. The number of fused-ring (bicyclic) bond motifs is 1. The number of halogens is 1. The topological polar surface area (TPSA) is 101 Å². The highest BCUT2D eigenvalue weighted by Gasteiger charge is 2.43. The van der Waals surface area contributed by atoms with Crippen LogP contribution in [0.3, 0.4) is 0 Å². The molecule has 0 amide bonds. The van der Waals surface area contributed by atoms with Gasteiger partial charge in [0.25, 0.3) is 0 Å². The molecule has 1 aliphatic rings. The molecule has 0 aromatic carbocycles. The predicted octanol–water partition coefficient (Wildman–Crippen LogP) is -0.304. The second-order valence-corrected chi connectivity index (χ2v) is 4.71. The van der Waals surface area contributed by atoms with E-state index in [0.717, 1.165) is 0 Å². The Morgan fingerprint density at radius 2 is 2.11 bits per heavy atom. The highest BCUT2D eigenvalue weighted by atomic mass is 35.5. The lowest BCUT2D eigenvalue weighted by atomic mass is 10.1. The Labute approximate surface area is 113 Å². The Balaban J connectivity index is 2.04. The van der Waals surface area contributed by atoms with Crippen molar-refractivity contribution >= 4 is 22.6 Å². The Bertz CT molecular complexity index is 605. The fourth-order valence-electron chi connectivity index (χ4n) is 2.24. The lowest BCUT2D eigenvalue weighted by molar-refractivity contribution is -0.0508. The Kier molecular flexibility index (Phi) is 3.15. The van der Waals surface area contributed by atoms with E-state index in [9.17, 15) is 10.2 Å². The summed E-state index contributed by atoms with van der Waals surface area (Å²) in [5.74, 6) is 0. The molecule has 7 nitrogen and oxygen atoms in total. The maximum absolute atomic E-state index is 9.98. The van der Waals surface area contributed by atoms with Crippen molar-refractivity contribution in [3.05, 3.63) is 23.7 Å². The van der Waals surface area contributed by atoms with Gasteiger partial charge in [-0.2, -0.15) is 0 Å². The van der Waals surface area contributed by atoms with Gasteiger partial charge in [-0.1, -0.05) is 11.6 Å². The fraction of sp³-hybridized carbons (Fsp3) is 0.455. The highest BCUT2D eigenvalue weighted by Crippen LogP contribution is 2.32. The molecule has 2 aromatic rings. The number of aliphatic hydroxyl groups is 3. The summed E-state index contributed by atoms with van der Waals surface area (Å²) in [5.41, 5.74) is 1.12. The van der Waals surface area contributed by atoms with Crippen LogP contribution in [0.25, 0.3) is 11.0 Å². The van der Waals surface area contributed by atoms with Crippen molar-refractivity contribution in [2.75, 3.05) is 6.61 Å². The van der Waals surface area contributed by atoms with Crippen LogP contribution in [0, 0.1) is 0 Å². The van der Waals surface area contributed by atoms with E-state index in [1.807, 2.05) is 0 Å². The summed E-state index contributed by atoms with van der Waals surface area (Å²) >= 11 is 5.92. The molecule has 3 N–H and O–H groups in total. The smallest absolute Gasteiger partial charge is 0.164 e. The minimum atomic E-state index is -1.15. The molecule has 0 saturated carbocycles. The molecule has 0 spiro atoms. The molecule has 4 atom stereocenters. The van der Waals surface area contributed by atoms with E-state index in [2.05, 4.69) is 9.97 Å².